The molecule has 0 bridgehead atoms. The van der Waals surface area contributed by atoms with Crippen LogP contribution in [-0.4, -0.2) is 32.7 Å². The third-order valence-electron chi connectivity index (χ3n) is 3.71. The zero-order valence-electron chi connectivity index (χ0n) is 14.0. The maximum atomic E-state index is 12.5. The third kappa shape index (κ3) is 4.91. The predicted octanol–water partition coefficient (Wildman–Crippen LogP) is 4.26. The highest BCUT2D eigenvalue weighted by atomic mass is 35.5. The topological polar surface area (TPSA) is 82.8 Å². The van der Waals surface area contributed by atoms with Crippen LogP contribution < -0.4 is 5.32 Å². The fourth-order valence-corrected chi connectivity index (χ4v) is 3.87. The lowest BCUT2D eigenvalue weighted by Crippen LogP contribution is -2.29. The fraction of sp³-hybridized carbons (Fsp3) is 0.167. The summed E-state index contributed by atoms with van der Waals surface area (Å²) in [5, 5.41) is 12.7. The summed E-state index contributed by atoms with van der Waals surface area (Å²) in [6.07, 6.45) is 3.77. The molecule has 2 heterocycles. The molecule has 3 rings (SSSR count). The molecule has 0 spiro atoms. The summed E-state index contributed by atoms with van der Waals surface area (Å²) in [5.74, 6) is 0.0300. The molecule has 1 aromatic heterocycles. The number of halogens is 1. The van der Waals surface area contributed by atoms with Crippen molar-refractivity contribution in [2.75, 3.05) is 11.9 Å². The van der Waals surface area contributed by atoms with E-state index >= 15 is 0 Å². The van der Waals surface area contributed by atoms with Crippen LogP contribution in [0.25, 0.3) is 6.08 Å². The maximum absolute atomic E-state index is 12.5. The maximum Gasteiger partial charge on any atom is 0.266 e. The highest BCUT2D eigenvalue weighted by Gasteiger charge is 2.31. The lowest BCUT2D eigenvalue weighted by molar-refractivity contribution is -0.122. The van der Waals surface area contributed by atoms with Crippen molar-refractivity contribution < 1.29 is 19.1 Å². The van der Waals surface area contributed by atoms with Gasteiger partial charge in [-0.05, 0) is 36.8 Å². The first-order valence-electron chi connectivity index (χ1n) is 8.01. The summed E-state index contributed by atoms with van der Waals surface area (Å²) in [6, 6.07) is 7.89. The van der Waals surface area contributed by atoms with Gasteiger partial charge in [-0.1, -0.05) is 35.6 Å². The monoisotopic (exact) mass is 422 g/mol. The standard InChI is InChI=1S/C18H15ClN2O4S2/c19-11-5-6-14(22)13(9-11)20-16(23)4-1-7-21-17(24)15(27-18(21)26)10-12-3-2-8-25-12/h2-3,5-6,8-10,22H,1,4,7H2,(H,20,23). The Kier molecular flexibility index (Phi) is 6.20. The van der Waals surface area contributed by atoms with Crippen LogP contribution in [0.15, 0.2) is 45.9 Å². The first-order chi connectivity index (χ1) is 12.9. The van der Waals surface area contributed by atoms with Crippen molar-refractivity contribution in [1.82, 2.24) is 4.90 Å². The fourth-order valence-electron chi connectivity index (χ4n) is 2.41. The minimum absolute atomic E-state index is 0.0623. The minimum atomic E-state index is -0.288. The van der Waals surface area contributed by atoms with Crippen molar-refractivity contribution >= 4 is 63.5 Å². The molecule has 0 radical (unpaired) electrons. The van der Waals surface area contributed by atoms with E-state index in [1.807, 2.05) is 0 Å². The summed E-state index contributed by atoms with van der Waals surface area (Å²) < 4.78 is 5.66. The molecule has 9 heteroatoms. The number of nitrogens with zero attached hydrogens (tertiary/aromatic N) is 1. The quantitative estimate of drug-likeness (QED) is 0.411. The number of aromatic hydroxyl groups is 1. The normalized spacial score (nSPS) is 15.6. The summed E-state index contributed by atoms with van der Waals surface area (Å²) in [6.45, 7) is 0.328. The molecule has 0 atom stereocenters. The molecular weight excluding hydrogens is 408 g/mol. The van der Waals surface area contributed by atoms with Crippen LogP contribution >= 0.6 is 35.6 Å². The number of phenolic OH excluding ortho intramolecular Hbond substituents is 1. The number of carbonyl (C=O) groups is 2. The predicted molar refractivity (Wildman–Crippen MR) is 110 cm³/mol. The van der Waals surface area contributed by atoms with E-state index in [1.165, 1.54) is 41.1 Å². The van der Waals surface area contributed by atoms with E-state index in [0.717, 1.165) is 0 Å². The lowest BCUT2D eigenvalue weighted by Gasteiger charge is -2.14. The van der Waals surface area contributed by atoms with E-state index in [2.05, 4.69) is 5.32 Å². The van der Waals surface area contributed by atoms with Gasteiger partial charge in [-0.25, -0.2) is 0 Å². The van der Waals surface area contributed by atoms with Gasteiger partial charge in [0.25, 0.3) is 5.91 Å². The van der Waals surface area contributed by atoms with Gasteiger partial charge >= 0.3 is 0 Å². The lowest BCUT2D eigenvalue weighted by atomic mass is 10.2. The Bertz CT molecular complexity index is 912. The number of rotatable bonds is 6. The zero-order valence-corrected chi connectivity index (χ0v) is 16.4. The van der Waals surface area contributed by atoms with Crippen LogP contribution in [0.2, 0.25) is 5.02 Å². The molecule has 2 aromatic rings. The van der Waals surface area contributed by atoms with Crippen LogP contribution in [0.5, 0.6) is 5.75 Å². The van der Waals surface area contributed by atoms with Crippen molar-refractivity contribution in [2.45, 2.75) is 12.8 Å². The summed E-state index contributed by atoms with van der Waals surface area (Å²) in [4.78, 5) is 26.5. The molecule has 0 unspecified atom stereocenters. The SMILES string of the molecule is O=C(CCCN1C(=O)C(=Cc2ccco2)SC1=S)Nc1cc(Cl)ccc1O. The molecule has 140 valence electrons. The average Bonchev–Trinajstić information content (AvgIpc) is 3.22. The second kappa shape index (κ2) is 8.60. The number of hydrogen-bond donors (Lipinski definition) is 2. The smallest absolute Gasteiger partial charge is 0.266 e. The van der Waals surface area contributed by atoms with Crippen molar-refractivity contribution in [3.05, 3.63) is 52.3 Å². The molecular formula is C18H15ClN2O4S2. The van der Waals surface area contributed by atoms with Gasteiger partial charge in [0.2, 0.25) is 5.91 Å². The highest BCUT2D eigenvalue weighted by Crippen LogP contribution is 2.33. The number of amides is 2. The molecule has 1 saturated heterocycles. The summed E-state index contributed by atoms with van der Waals surface area (Å²) in [5.41, 5.74) is 0.250. The number of phenols is 1. The number of thioether (sulfide) groups is 1. The first-order valence-corrected chi connectivity index (χ1v) is 9.61. The van der Waals surface area contributed by atoms with E-state index < -0.39 is 0 Å². The number of benzene rings is 1. The van der Waals surface area contributed by atoms with Crippen molar-refractivity contribution in [2.24, 2.45) is 0 Å². The Morgan fingerprint density at radius 3 is 2.96 bits per heavy atom. The van der Waals surface area contributed by atoms with Gasteiger partial charge < -0.3 is 14.8 Å². The Balaban J connectivity index is 1.52. The Hall–Kier alpha value is -2.29. The van der Waals surface area contributed by atoms with Gasteiger partial charge in [0, 0.05) is 24.1 Å². The number of furan rings is 1. The van der Waals surface area contributed by atoms with Crippen LogP contribution in [0.4, 0.5) is 5.69 Å². The van der Waals surface area contributed by atoms with Gasteiger partial charge in [-0.3, -0.25) is 14.5 Å². The second-order valence-electron chi connectivity index (χ2n) is 5.66. The molecule has 6 nitrogen and oxygen atoms in total. The number of carbonyl (C=O) groups excluding carboxylic acids is 2. The Morgan fingerprint density at radius 2 is 2.22 bits per heavy atom. The van der Waals surface area contributed by atoms with Crippen molar-refractivity contribution in [3.8, 4) is 5.75 Å². The van der Waals surface area contributed by atoms with Crippen LogP contribution in [0.1, 0.15) is 18.6 Å². The van der Waals surface area contributed by atoms with E-state index in [1.54, 1.807) is 18.2 Å². The van der Waals surface area contributed by atoms with Gasteiger partial charge in [-0.2, -0.15) is 0 Å². The van der Waals surface area contributed by atoms with E-state index in [9.17, 15) is 14.7 Å². The highest BCUT2D eigenvalue weighted by molar-refractivity contribution is 8.26. The molecule has 0 saturated carbocycles. The molecule has 2 N–H and O–H groups in total. The first kappa shape index (κ1) is 19.5. The van der Waals surface area contributed by atoms with E-state index in [0.29, 0.717) is 33.0 Å². The number of hydrogen-bond acceptors (Lipinski definition) is 6. The summed E-state index contributed by atoms with van der Waals surface area (Å²) in [7, 11) is 0. The molecule has 1 aliphatic heterocycles. The van der Waals surface area contributed by atoms with Gasteiger partial charge in [0.15, 0.2) is 0 Å². The minimum Gasteiger partial charge on any atom is -0.506 e. The van der Waals surface area contributed by atoms with E-state index in [-0.39, 0.29) is 29.7 Å². The average molecular weight is 423 g/mol. The molecule has 1 fully saturated rings. The van der Waals surface area contributed by atoms with Crippen LogP contribution in [0, 0.1) is 0 Å². The number of thiocarbonyl (C=S) groups is 1. The van der Waals surface area contributed by atoms with Crippen molar-refractivity contribution in [3.63, 3.8) is 0 Å². The number of nitrogens with one attached hydrogen (secondary N) is 1. The van der Waals surface area contributed by atoms with E-state index in [4.69, 9.17) is 28.2 Å². The number of anilines is 1. The van der Waals surface area contributed by atoms with Crippen molar-refractivity contribution in [1.29, 1.82) is 0 Å². The van der Waals surface area contributed by atoms with Gasteiger partial charge in [-0.15, -0.1) is 0 Å². The molecule has 2 amide bonds. The molecule has 1 aromatic carbocycles. The molecule has 1 aliphatic rings. The Labute approximate surface area is 170 Å². The molecule has 27 heavy (non-hydrogen) atoms. The van der Waals surface area contributed by atoms with Crippen LogP contribution in [0.3, 0.4) is 0 Å². The largest absolute Gasteiger partial charge is 0.506 e. The van der Waals surface area contributed by atoms with Gasteiger partial charge in [0.1, 0.15) is 15.8 Å². The third-order valence-corrected chi connectivity index (χ3v) is 5.32. The summed E-state index contributed by atoms with van der Waals surface area (Å²) >= 11 is 12.3. The molecule has 0 aliphatic carbocycles. The second-order valence-corrected chi connectivity index (χ2v) is 7.77. The zero-order chi connectivity index (χ0) is 19.4. The Morgan fingerprint density at radius 1 is 1.41 bits per heavy atom. The van der Waals surface area contributed by atoms with Gasteiger partial charge in [0.05, 0.1) is 16.9 Å². The van der Waals surface area contributed by atoms with Crippen LogP contribution in [-0.2, 0) is 9.59 Å².